The number of nitrogens with one attached hydrogen (secondary N) is 1. The van der Waals surface area contributed by atoms with Crippen LogP contribution in [0.15, 0.2) is 48.5 Å². The Labute approximate surface area is 124 Å². The van der Waals surface area contributed by atoms with E-state index in [1.54, 1.807) is 0 Å². The van der Waals surface area contributed by atoms with Crippen molar-refractivity contribution in [3.8, 4) is 0 Å². The molecule has 1 N–H and O–H groups in total. The van der Waals surface area contributed by atoms with Gasteiger partial charge in [-0.3, -0.25) is 0 Å². The second-order valence-corrected chi connectivity index (χ2v) is 5.46. The fourth-order valence-electron chi connectivity index (χ4n) is 2.78. The van der Waals surface area contributed by atoms with Crippen molar-refractivity contribution in [1.82, 2.24) is 0 Å². The molecule has 104 valence electrons. The Hall–Kier alpha value is -1.51. The topological polar surface area (TPSA) is 21.3 Å². The maximum Gasteiger partial charge on any atom is 0.0868 e. The van der Waals surface area contributed by atoms with E-state index >= 15 is 0 Å². The number of halogens is 1. The number of rotatable bonds is 3. The summed E-state index contributed by atoms with van der Waals surface area (Å²) >= 11 is 6.11. The summed E-state index contributed by atoms with van der Waals surface area (Å²) < 4.78 is 5.92. The van der Waals surface area contributed by atoms with Crippen molar-refractivity contribution in [2.24, 2.45) is 0 Å². The molecule has 0 fully saturated rings. The molecule has 0 saturated heterocycles. The first-order chi connectivity index (χ1) is 9.78. The Kier molecular flexibility index (Phi) is 3.95. The summed E-state index contributed by atoms with van der Waals surface area (Å²) in [5, 5.41) is 4.35. The van der Waals surface area contributed by atoms with Crippen molar-refractivity contribution in [2.45, 2.75) is 25.5 Å². The molecule has 0 spiro atoms. The van der Waals surface area contributed by atoms with E-state index in [1.807, 2.05) is 31.2 Å². The highest BCUT2D eigenvalue weighted by Crippen LogP contribution is 2.41. The van der Waals surface area contributed by atoms with Crippen LogP contribution < -0.4 is 5.32 Å². The fraction of sp³-hybridized carbons (Fsp3) is 0.294. The van der Waals surface area contributed by atoms with Crippen molar-refractivity contribution in [2.75, 3.05) is 11.9 Å². The van der Waals surface area contributed by atoms with Gasteiger partial charge >= 0.3 is 0 Å². The minimum atomic E-state index is 0.0974. The summed E-state index contributed by atoms with van der Waals surface area (Å²) in [6.45, 7) is 2.74. The second-order valence-electron chi connectivity index (χ2n) is 5.02. The van der Waals surface area contributed by atoms with Crippen LogP contribution in [0.1, 0.15) is 36.6 Å². The molecule has 0 bridgehead atoms. The zero-order valence-corrected chi connectivity index (χ0v) is 12.2. The van der Waals surface area contributed by atoms with Crippen LogP contribution in [0.3, 0.4) is 0 Å². The monoisotopic (exact) mass is 287 g/mol. The molecule has 2 aromatic carbocycles. The molecule has 1 aliphatic rings. The van der Waals surface area contributed by atoms with Gasteiger partial charge in [0.15, 0.2) is 0 Å². The average molecular weight is 288 g/mol. The molecular formula is C17H18ClNO. The van der Waals surface area contributed by atoms with Crippen LogP contribution in [0, 0.1) is 0 Å². The molecule has 3 heteroatoms. The molecule has 20 heavy (non-hydrogen) atoms. The van der Waals surface area contributed by atoms with E-state index < -0.39 is 0 Å². The first-order valence-electron chi connectivity index (χ1n) is 7.00. The SMILES string of the molecule is CCO[C@@H]1C[C@H](c2ccccc2)Nc2ccc(Cl)cc21. The third kappa shape index (κ3) is 2.67. The van der Waals surface area contributed by atoms with Crippen LogP contribution in [-0.4, -0.2) is 6.61 Å². The number of fused-ring (bicyclic) bond motifs is 1. The number of anilines is 1. The maximum absolute atomic E-state index is 6.11. The van der Waals surface area contributed by atoms with Gasteiger partial charge in [-0.1, -0.05) is 41.9 Å². The van der Waals surface area contributed by atoms with Gasteiger partial charge < -0.3 is 10.1 Å². The van der Waals surface area contributed by atoms with Crippen molar-refractivity contribution < 1.29 is 4.74 Å². The van der Waals surface area contributed by atoms with Gasteiger partial charge in [0.1, 0.15) is 0 Å². The molecule has 0 aromatic heterocycles. The Morgan fingerprint density at radius 1 is 1.20 bits per heavy atom. The smallest absolute Gasteiger partial charge is 0.0868 e. The lowest BCUT2D eigenvalue weighted by Crippen LogP contribution is -2.23. The molecule has 2 aromatic rings. The zero-order valence-electron chi connectivity index (χ0n) is 11.5. The second kappa shape index (κ2) is 5.86. The largest absolute Gasteiger partial charge is 0.378 e. The maximum atomic E-state index is 6.11. The predicted octanol–water partition coefficient (Wildman–Crippen LogP) is 4.97. The van der Waals surface area contributed by atoms with Gasteiger partial charge in [-0.25, -0.2) is 0 Å². The van der Waals surface area contributed by atoms with Gasteiger partial charge in [0.2, 0.25) is 0 Å². The summed E-state index contributed by atoms with van der Waals surface area (Å²) in [5.74, 6) is 0. The lowest BCUT2D eigenvalue weighted by atomic mass is 9.91. The molecular weight excluding hydrogens is 270 g/mol. The van der Waals surface area contributed by atoms with Gasteiger partial charge in [0, 0.05) is 29.3 Å². The lowest BCUT2D eigenvalue weighted by Gasteiger charge is -2.33. The minimum Gasteiger partial charge on any atom is -0.378 e. The highest BCUT2D eigenvalue weighted by atomic mass is 35.5. The summed E-state index contributed by atoms with van der Waals surface area (Å²) in [6, 6.07) is 16.7. The Balaban J connectivity index is 1.95. The Morgan fingerprint density at radius 2 is 2.00 bits per heavy atom. The van der Waals surface area contributed by atoms with Crippen molar-refractivity contribution in [1.29, 1.82) is 0 Å². The first-order valence-corrected chi connectivity index (χ1v) is 7.38. The van der Waals surface area contributed by atoms with Crippen molar-refractivity contribution in [3.63, 3.8) is 0 Å². The molecule has 2 nitrogen and oxygen atoms in total. The van der Waals surface area contributed by atoms with Crippen LogP contribution in [0.25, 0.3) is 0 Å². The van der Waals surface area contributed by atoms with Gasteiger partial charge in [-0.05, 0) is 30.7 Å². The molecule has 0 saturated carbocycles. The van der Waals surface area contributed by atoms with E-state index in [0.717, 1.165) is 22.7 Å². The molecule has 0 aliphatic carbocycles. The number of ether oxygens (including phenoxy) is 1. The molecule has 1 heterocycles. The Morgan fingerprint density at radius 3 is 2.75 bits per heavy atom. The van der Waals surface area contributed by atoms with Crippen LogP contribution in [0.2, 0.25) is 5.02 Å². The molecule has 2 atom stereocenters. The first kappa shape index (κ1) is 13.5. The van der Waals surface area contributed by atoms with E-state index in [-0.39, 0.29) is 12.1 Å². The standard InChI is InChI=1S/C17H18ClNO/c1-2-20-17-11-16(12-6-4-3-5-7-12)19-15-9-8-13(18)10-14(15)17/h3-10,16-17,19H,2,11H2,1H3/t16-,17-/m1/s1. The highest BCUT2D eigenvalue weighted by Gasteiger charge is 2.27. The van der Waals surface area contributed by atoms with Crippen LogP contribution >= 0.6 is 11.6 Å². The van der Waals surface area contributed by atoms with E-state index in [2.05, 4.69) is 29.6 Å². The van der Waals surface area contributed by atoms with Crippen molar-refractivity contribution >= 4 is 17.3 Å². The summed E-state index contributed by atoms with van der Waals surface area (Å²) in [6.07, 6.45) is 1.02. The van der Waals surface area contributed by atoms with Gasteiger partial charge in [-0.15, -0.1) is 0 Å². The van der Waals surface area contributed by atoms with E-state index in [1.165, 1.54) is 5.56 Å². The van der Waals surface area contributed by atoms with Crippen LogP contribution in [0.5, 0.6) is 0 Å². The van der Waals surface area contributed by atoms with Gasteiger partial charge in [0.05, 0.1) is 12.1 Å². The Bertz CT molecular complexity index is 585. The molecule has 0 amide bonds. The molecule has 0 radical (unpaired) electrons. The normalized spacial score (nSPS) is 21.1. The number of hydrogen-bond donors (Lipinski definition) is 1. The van der Waals surface area contributed by atoms with E-state index in [0.29, 0.717) is 6.61 Å². The fourth-order valence-corrected chi connectivity index (χ4v) is 2.96. The van der Waals surface area contributed by atoms with E-state index in [4.69, 9.17) is 16.3 Å². The quantitative estimate of drug-likeness (QED) is 0.860. The summed E-state index contributed by atoms with van der Waals surface area (Å²) in [4.78, 5) is 0. The third-order valence-electron chi connectivity index (χ3n) is 3.71. The zero-order chi connectivity index (χ0) is 13.9. The number of benzene rings is 2. The number of hydrogen-bond acceptors (Lipinski definition) is 2. The van der Waals surface area contributed by atoms with E-state index in [9.17, 15) is 0 Å². The lowest BCUT2D eigenvalue weighted by molar-refractivity contribution is 0.0499. The highest BCUT2D eigenvalue weighted by molar-refractivity contribution is 6.30. The average Bonchev–Trinajstić information content (AvgIpc) is 2.49. The summed E-state index contributed by atoms with van der Waals surface area (Å²) in [7, 11) is 0. The van der Waals surface area contributed by atoms with Crippen LogP contribution in [-0.2, 0) is 4.74 Å². The predicted molar refractivity (Wildman–Crippen MR) is 83.2 cm³/mol. The minimum absolute atomic E-state index is 0.0974. The van der Waals surface area contributed by atoms with Crippen molar-refractivity contribution in [3.05, 3.63) is 64.7 Å². The van der Waals surface area contributed by atoms with Gasteiger partial charge in [-0.2, -0.15) is 0 Å². The third-order valence-corrected chi connectivity index (χ3v) is 3.94. The molecule has 3 rings (SSSR count). The summed E-state index contributed by atoms with van der Waals surface area (Å²) in [5.41, 5.74) is 3.57. The van der Waals surface area contributed by atoms with Crippen LogP contribution in [0.4, 0.5) is 5.69 Å². The van der Waals surface area contributed by atoms with Gasteiger partial charge in [0.25, 0.3) is 0 Å². The molecule has 1 aliphatic heterocycles. The molecule has 0 unspecified atom stereocenters.